The number of aliphatic hydroxyl groups is 1. The molecule has 5 nitrogen and oxygen atoms in total. The maximum atomic E-state index is 11.1. The fraction of sp³-hybridized carbons (Fsp3) is 0.462. The molecule has 1 fully saturated rings. The van der Waals surface area contributed by atoms with Crippen molar-refractivity contribution in [1.29, 1.82) is 0 Å². The zero-order valence-corrected chi connectivity index (χ0v) is 10.1. The van der Waals surface area contributed by atoms with Gasteiger partial charge in [-0.2, -0.15) is 0 Å². The van der Waals surface area contributed by atoms with Crippen molar-refractivity contribution in [3.05, 3.63) is 34.3 Å². The molecular formula is C13H15NO4. The number of fused-ring (bicyclic) bond motifs is 1. The third kappa shape index (κ3) is 1.95. The first-order valence-electron chi connectivity index (χ1n) is 6.06. The Morgan fingerprint density at radius 1 is 1.50 bits per heavy atom. The highest BCUT2D eigenvalue weighted by Gasteiger charge is 2.29. The molecule has 1 aliphatic rings. The zero-order chi connectivity index (χ0) is 12.7. The molecule has 3 rings (SSSR count). The molecule has 0 amide bonds. The minimum Gasteiger partial charge on any atom is -0.408 e. The molecule has 0 spiro atoms. The van der Waals surface area contributed by atoms with Gasteiger partial charge in [-0.05, 0) is 31.0 Å². The van der Waals surface area contributed by atoms with E-state index in [-0.39, 0.29) is 12.0 Å². The summed E-state index contributed by atoms with van der Waals surface area (Å²) in [6.45, 7) is 2.57. The van der Waals surface area contributed by atoms with Gasteiger partial charge < -0.3 is 14.3 Å². The summed E-state index contributed by atoms with van der Waals surface area (Å²) in [5.41, 5.74) is 1.88. The Morgan fingerprint density at radius 2 is 2.33 bits per heavy atom. The van der Waals surface area contributed by atoms with Crippen LogP contribution in [0.25, 0.3) is 11.1 Å². The van der Waals surface area contributed by atoms with Gasteiger partial charge in [0, 0.05) is 5.92 Å². The Bertz CT molecular complexity index is 615. The van der Waals surface area contributed by atoms with Crippen LogP contribution in [0, 0.1) is 5.92 Å². The highest BCUT2D eigenvalue weighted by Crippen LogP contribution is 2.32. The molecule has 2 heterocycles. The zero-order valence-electron chi connectivity index (χ0n) is 10.1. The first kappa shape index (κ1) is 11.5. The summed E-state index contributed by atoms with van der Waals surface area (Å²) in [7, 11) is 0. The van der Waals surface area contributed by atoms with E-state index < -0.39 is 11.9 Å². The minimum absolute atomic E-state index is 0.100. The number of ether oxygens (including phenoxy) is 1. The third-order valence-corrected chi connectivity index (χ3v) is 3.46. The molecule has 96 valence electrons. The van der Waals surface area contributed by atoms with E-state index in [1.807, 2.05) is 6.92 Å². The molecule has 18 heavy (non-hydrogen) atoms. The van der Waals surface area contributed by atoms with Crippen molar-refractivity contribution in [1.82, 2.24) is 4.98 Å². The van der Waals surface area contributed by atoms with Gasteiger partial charge in [-0.25, -0.2) is 4.79 Å². The Balaban J connectivity index is 1.91. The monoisotopic (exact) mass is 249 g/mol. The van der Waals surface area contributed by atoms with Crippen molar-refractivity contribution in [3.8, 4) is 0 Å². The lowest BCUT2D eigenvalue weighted by atomic mass is 9.93. The predicted octanol–water partition coefficient (Wildman–Crippen LogP) is 1.58. The number of benzene rings is 1. The van der Waals surface area contributed by atoms with E-state index in [9.17, 15) is 9.90 Å². The molecule has 3 unspecified atom stereocenters. The first-order chi connectivity index (χ1) is 8.63. The van der Waals surface area contributed by atoms with Gasteiger partial charge in [0.05, 0.1) is 24.3 Å². The number of aromatic nitrogens is 1. The molecule has 0 bridgehead atoms. The molecule has 1 saturated heterocycles. The molecule has 1 aliphatic heterocycles. The topological polar surface area (TPSA) is 75.5 Å². The van der Waals surface area contributed by atoms with Crippen LogP contribution in [0.4, 0.5) is 0 Å². The van der Waals surface area contributed by atoms with E-state index in [4.69, 9.17) is 9.15 Å². The van der Waals surface area contributed by atoms with E-state index in [0.29, 0.717) is 17.7 Å². The number of hydrogen-bond donors (Lipinski definition) is 2. The number of nitrogens with one attached hydrogen (secondary N) is 1. The van der Waals surface area contributed by atoms with Gasteiger partial charge in [0.25, 0.3) is 0 Å². The van der Waals surface area contributed by atoms with Crippen LogP contribution in [-0.4, -0.2) is 22.8 Å². The molecular weight excluding hydrogens is 234 g/mol. The predicted molar refractivity (Wildman–Crippen MR) is 65.3 cm³/mol. The van der Waals surface area contributed by atoms with Gasteiger partial charge >= 0.3 is 5.76 Å². The largest absolute Gasteiger partial charge is 0.417 e. The number of aromatic amines is 1. The molecule has 2 N–H and O–H groups in total. The normalized spacial score (nSPS) is 25.7. The van der Waals surface area contributed by atoms with Gasteiger partial charge in [0.15, 0.2) is 5.58 Å². The Labute approximate surface area is 103 Å². The van der Waals surface area contributed by atoms with Crippen LogP contribution < -0.4 is 5.76 Å². The van der Waals surface area contributed by atoms with E-state index in [0.717, 1.165) is 12.0 Å². The molecule has 0 aliphatic carbocycles. The fourth-order valence-corrected chi connectivity index (χ4v) is 2.49. The maximum absolute atomic E-state index is 11.1. The van der Waals surface area contributed by atoms with Crippen LogP contribution in [-0.2, 0) is 4.74 Å². The lowest BCUT2D eigenvalue weighted by Crippen LogP contribution is -2.12. The van der Waals surface area contributed by atoms with Crippen molar-refractivity contribution in [2.24, 2.45) is 5.92 Å². The third-order valence-electron chi connectivity index (χ3n) is 3.46. The van der Waals surface area contributed by atoms with Gasteiger partial charge in [-0.1, -0.05) is 6.07 Å². The van der Waals surface area contributed by atoms with Crippen molar-refractivity contribution in [2.75, 3.05) is 6.61 Å². The summed E-state index contributed by atoms with van der Waals surface area (Å²) in [5.74, 6) is -0.377. The average Bonchev–Trinajstić information content (AvgIpc) is 2.92. The maximum Gasteiger partial charge on any atom is 0.417 e. The van der Waals surface area contributed by atoms with Crippen molar-refractivity contribution in [2.45, 2.75) is 25.6 Å². The van der Waals surface area contributed by atoms with Gasteiger partial charge in [0.1, 0.15) is 0 Å². The number of H-pyrrole nitrogens is 1. The van der Waals surface area contributed by atoms with Crippen LogP contribution in [0.3, 0.4) is 0 Å². The molecule has 3 atom stereocenters. The lowest BCUT2D eigenvalue weighted by molar-refractivity contribution is 0.0804. The molecule has 1 aromatic heterocycles. The standard InChI is InChI=1S/C13H15NO4/c1-7-4-9(6-17-7)12(15)8-2-3-10-11(5-8)18-13(16)14-10/h2-3,5,7,9,12,15H,4,6H2,1H3,(H,14,16). The van der Waals surface area contributed by atoms with Gasteiger partial charge in [0.2, 0.25) is 0 Å². The number of hydrogen-bond acceptors (Lipinski definition) is 4. The summed E-state index contributed by atoms with van der Waals surface area (Å²) in [6, 6.07) is 5.26. The molecule has 1 aromatic carbocycles. The average molecular weight is 249 g/mol. The van der Waals surface area contributed by atoms with Crippen LogP contribution in [0.5, 0.6) is 0 Å². The molecule has 0 saturated carbocycles. The van der Waals surface area contributed by atoms with Crippen LogP contribution in [0.2, 0.25) is 0 Å². The minimum atomic E-state index is -0.584. The molecule has 2 aromatic rings. The first-order valence-corrected chi connectivity index (χ1v) is 6.06. The summed E-state index contributed by atoms with van der Waals surface area (Å²) in [6.07, 6.45) is 0.453. The van der Waals surface area contributed by atoms with Gasteiger partial charge in [-0.15, -0.1) is 0 Å². The summed E-state index contributed by atoms with van der Waals surface area (Å²) >= 11 is 0. The van der Waals surface area contributed by atoms with Crippen molar-refractivity contribution in [3.63, 3.8) is 0 Å². The van der Waals surface area contributed by atoms with Crippen molar-refractivity contribution < 1.29 is 14.3 Å². The fourth-order valence-electron chi connectivity index (χ4n) is 2.49. The van der Waals surface area contributed by atoms with Crippen molar-refractivity contribution >= 4 is 11.1 Å². The summed E-state index contributed by atoms with van der Waals surface area (Å²) < 4.78 is 10.4. The summed E-state index contributed by atoms with van der Waals surface area (Å²) in [5, 5.41) is 10.3. The lowest BCUT2D eigenvalue weighted by Gasteiger charge is -2.16. The second-order valence-corrected chi connectivity index (χ2v) is 4.85. The molecule has 5 heteroatoms. The highest BCUT2D eigenvalue weighted by atomic mass is 16.5. The van der Waals surface area contributed by atoms with E-state index >= 15 is 0 Å². The molecule has 0 radical (unpaired) electrons. The number of aliphatic hydroxyl groups excluding tert-OH is 1. The SMILES string of the molecule is CC1CC(C(O)c2ccc3[nH]c(=O)oc3c2)CO1. The summed E-state index contributed by atoms with van der Waals surface area (Å²) in [4.78, 5) is 13.6. The Kier molecular flexibility index (Phi) is 2.72. The highest BCUT2D eigenvalue weighted by molar-refractivity contribution is 5.72. The van der Waals surface area contributed by atoms with Crippen LogP contribution >= 0.6 is 0 Å². The van der Waals surface area contributed by atoms with E-state index in [2.05, 4.69) is 4.98 Å². The quantitative estimate of drug-likeness (QED) is 0.847. The van der Waals surface area contributed by atoms with E-state index in [1.54, 1.807) is 18.2 Å². The smallest absolute Gasteiger partial charge is 0.408 e. The second kappa shape index (κ2) is 4.26. The van der Waals surface area contributed by atoms with Gasteiger partial charge in [-0.3, -0.25) is 4.98 Å². The number of rotatable bonds is 2. The Morgan fingerprint density at radius 3 is 3.06 bits per heavy atom. The van der Waals surface area contributed by atoms with Crippen LogP contribution in [0.1, 0.15) is 25.0 Å². The second-order valence-electron chi connectivity index (χ2n) is 4.85. The van der Waals surface area contributed by atoms with Crippen LogP contribution in [0.15, 0.2) is 27.4 Å². The Hall–Kier alpha value is -1.59. The number of oxazole rings is 1. The van der Waals surface area contributed by atoms with E-state index in [1.165, 1.54) is 0 Å².